The predicted octanol–water partition coefficient (Wildman–Crippen LogP) is 1.16. The largest absolute Gasteiger partial charge is 0.493 e. The molecule has 0 fully saturated rings. The van der Waals surface area contributed by atoms with E-state index in [0.717, 1.165) is 6.42 Å². The summed E-state index contributed by atoms with van der Waals surface area (Å²) in [6.07, 6.45) is 0.780. The van der Waals surface area contributed by atoms with Crippen LogP contribution in [0.4, 0.5) is 0 Å². The molecule has 0 radical (unpaired) electrons. The maximum absolute atomic E-state index is 11.8. The van der Waals surface area contributed by atoms with Crippen molar-refractivity contribution < 1.29 is 9.53 Å². The van der Waals surface area contributed by atoms with Crippen molar-refractivity contribution in [2.75, 3.05) is 19.7 Å². The molecule has 16 heavy (non-hydrogen) atoms. The van der Waals surface area contributed by atoms with Gasteiger partial charge in [0.05, 0.1) is 12.2 Å². The van der Waals surface area contributed by atoms with Crippen LogP contribution in [0, 0.1) is 0 Å². The summed E-state index contributed by atoms with van der Waals surface area (Å²) in [6.45, 7) is 3.61. The van der Waals surface area contributed by atoms with Gasteiger partial charge in [-0.3, -0.25) is 4.79 Å². The van der Waals surface area contributed by atoms with Crippen molar-refractivity contribution in [2.45, 2.75) is 13.3 Å². The van der Waals surface area contributed by atoms with Crippen LogP contribution in [0.15, 0.2) is 24.3 Å². The molecule has 0 bridgehead atoms. The molecule has 4 nitrogen and oxygen atoms in total. The van der Waals surface area contributed by atoms with Gasteiger partial charge in [0.2, 0.25) is 0 Å². The quantitative estimate of drug-likeness (QED) is 0.710. The smallest absolute Gasteiger partial charge is 0.255 e. The molecule has 0 heterocycles. The first-order valence-electron chi connectivity index (χ1n) is 5.49. The summed E-state index contributed by atoms with van der Waals surface area (Å²) in [7, 11) is 0. The Morgan fingerprint density at radius 2 is 2.19 bits per heavy atom. The highest BCUT2D eigenvalue weighted by atomic mass is 16.5. The number of hydrogen-bond donors (Lipinski definition) is 2. The molecule has 1 aromatic rings. The Labute approximate surface area is 95.8 Å². The molecule has 3 N–H and O–H groups in total. The van der Waals surface area contributed by atoms with Crippen LogP contribution in [-0.4, -0.2) is 25.6 Å². The zero-order valence-electron chi connectivity index (χ0n) is 9.53. The van der Waals surface area contributed by atoms with Crippen LogP contribution in [0.25, 0.3) is 0 Å². The average molecular weight is 222 g/mol. The van der Waals surface area contributed by atoms with Gasteiger partial charge in [0.25, 0.3) is 5.91 Å². The Balaban J connectivity index is 2.66. The van der Waals surface area contributed by atoms with Crippen LogP contribution >= 0.6 is 0 Å². The summed E-state index contributed by atoms with van der Waals surface area (Å²) in [4.78, 5) is 11.8. The van der Waals surface area contributed by atoms with Crippen molar-refractivity contribution in [1.29, 1.82) is 0 Å². The lowest BCUT2D eigenvalue weighted by molar-refractivity contribution is 0.0949. The van der Waals surface area contributed by atoms with E-state index in [0.29, 0.717) is 31.0 Å². The van der Waals surface area contributed by atoms with Crippen LogP contribution < -0.4 is 15.8 Å². The van der Waals surface area contributed by atoms with E-state index in [1.165, 1.54) is 0 Å². The van der Waals surface area contributed by atoms with Crippen molar-refractivity contribution in [3.05, 3.63) is 29.8 Å². The second-order valence-electron chi connectivity index (χ2n) is 3.33. The number of carbonyl (C=O) groups is 1. The van der Waals surface area contributed by atoms with Crippen molar-refractivity contribution >= 4 is 5.91 Å². The van der Waals surface area contributed by atoms with Gasteiger partial charge in [-0.1, -0.05) is 12.1 Å². The molecule has 0 atom stereocenters. The SMILES string of the molecule is CCOc1ccccc1C(=O)NCCCN. The minimum Gasteiger partial charge on any atom is -0.493 e. The summed E-state index contributed by atoms with van der Waals surface area (Å²) in [5.74, 6) is 0.507. The fourth-order valence-electron chi connectivity index (χ4n) is 1.33. The summed E-state index contributed by atoms with van der Waals surface area (Å²) < 4.78 is 5.38. The Morgan fingerprint density at radius 1 is 1.44 bits per heavy atom. The van der Waals surface area contributed by atoms with E-state index in [-0.39, 0.29) is 5.91 Å². The third-order valence-electron chi connectivity index (χ3n) is 2.10. The summed E-state index contributed by atoms with van der Waals surface area (Å²) in [6, 6.07) is 7.21. The lowest BCUT2D eigenvalue weighted by Gasteiger charge is -2.09. The molecule has 1 rings (SSSR count). The number of nitrogens with two attached hydrogens (primary N) is 1. The molecule has 0 saturated carbocycles. The zero-order chi connectivity index (χ0) is 11.8. The number of carbonyl (C=O) groups excluding carboxylic acids is 1. The minimum atomic E-state index is -0.113. The number of nitrogens with one attached hydrogen (secondary N) is 1. The van der Waals surface area contributed by atoms with E-state index in [4.69, 9.17) is 10.5 Å². The van der Waals surface area contributed by atoms with Crippen LogP contribution in [0.3, 0.4) is 0 Å². The molecule has 0 aromatic heterocycles. The van der Waals surface area contributed by atoms with E-state index in [1.807, 2.05) is 19.1 Å². The fraction of sp³-hybridized carbons (Fsp3) is 0.417. The van der Waals surface area contributed by atoms with Gasteiger partial charge in [-0.05, 0) is 32.0 Å². The van der Waals surface area contributed by atoms with Gasteiger partial charge < -0.3 is 15.8 Å². The first-order chi connectivity index (χ1) is 7.79. The minimum absolute atomic E-state index is 0.113. The van der Waals surface area contributed by atoms with Crippen LogP contribution in [-0.2, 0) is 0 Å². The van der Waals surface area contributed by atoms with Crippen molar-refractivity contribution in [1.82, 2.24) is 5.32 Å². The first kappa shape index (κ1) is 12.5. The summed E-state index contributed by atoms with van der Waals surface area (Å²) in [5.41, 5.74) is 5.93. The fourth-order valence-corrected chi connectivity index (χ4v) is 1.33. The monoisotopic (exact) mass is 222 g/mol. The van der Waals surface area contributed by atoms with Crippen molar-refractivity contribution in [3.63, 3.8) is 0 Å². The highest BCUT2D eigenvalue weighted by Crippen LogP contribution is 2.17. The predicted molar refractivity (Wildman–Crippen MR) is 63.6 cm³/mol. The van der Waals surface area contributed by atoms with Gasteiger partial charge in [-0.2, -0.15) is 0 Å². The van der Waals surface area contributed by atoms with Crippen molar-refractivity contribution in [2.24, 2.45) is 5.73 Å². The van der Waals surface area contributed by atoms with Gasteiger partial charge in [0, 0.05) is 6.54 Å². The molecule has 1 aromatic carbocycles. The highest BCUT2D eigenvalue weighted by Gasteiger charge is 2.10. The number of hydrogen-bond acceptors (Lipinski definition) is 3. The molecule has 0 spiro atoms. The van der Waals surface area contributed by atoms with Gasteiger partial charge in [-0.25, -0.2) is 0 Å². The lowest BCUT2D eigenvalue weighted by atomic mass is 10.2. The Kier molecular flexibility index (Phi) is 5.36. The number of rotatable bonds is 6. The van der Waals surface area contributed by atoms with E-state index >= 15 is 0 Å². The maximum Gasteiger partial charge on any atom is 0.255 e. The van der Waals surface area contributed by atoms with E-state index in [9.17, 15) is 4.79 Å². The molecule has 88 valence electrons. The van der Waals surface area contributed by atoms with Gasteiger partial charge in [0.1, 0.15) is 5.75 Å². The normalized spacial score (nSPS) is 9.88. The number of amides is 1. The Bertz CT molecular complexity index is 340. The second kappa shape index (κ2) is 6.85. The molecule has 0 unspecified atom stereocenters. The van der Waals surface area contributed by atoms with Crippen LogP contribution in [0.2, 0.25) is 0 Å². The summed E-state index contributed by atoms with van der Waals surface area (Å²) in [5, 5.41) is 2.80. The zero-order valence-corrected chi connectivity index (χ0v) is 9.53. The molecule has 4 heteroatoms. The van der Waals surface area contributed by atoms with Crippen LogP contribution in [0.5, 0.6) is 5.75 Å². The molecule has 0 saturated heterocycles. The Hall–Kier alpha value is -1.55. The molecule has 0 aliphatic rings. The third kappa shape index (κ3) is 3.55. The second-order valence-corrected chi connectivity index (χ2v) is 3.33. The molecular formula is C12H18N2O2. The highest BCUT2D eigenvalue weighted by molar-refractivity contribution is 5.96. The third-order valence-corrected chi connectivity index (χ3v) is 2.10. The number of benzene rings is 1. The van der Waals surface area contributed by atoms with E-state index in [2.05, 4.69) is 5.32 Å². The standard InChI is InChI=1S/C12H18N2O2/c1-2-16-11-7-4-3-6-10(11)12(15)14-9-5-8-13/h3-4,6-7H,2,5,8-9,13H2,1H3,(H,14,15). The first-order valence-corrected chi connectivity index (χ1v) is 5.49. The average Bonchev–Trinajstić information content (AvgIpc) is 2.30. The number of para-hydroxylation sites is 1. The lowest BCUT2D eigenvalue weighted by Crippen LogP contribution is -2.26. The van der Waals surface area contributed by atoms with Gasteiger partial charge in [0.15, 0.2) is 0 Å². The van der Waals surface area contributed by atoms with E-state index in [1.54, 1.807) is 12.1 Å². The topological polar surface area (TPSA) is 64.3 Å². The van der Waals surface area contributed by atoms with Crippen LogP contribution in [0.1, 0.15) is 23.7 Å². The maximum atomic E-state index is 11.8. The van der Waals surface area contributed by atoms with E-state index < -0.39 is 0 Å². The molecule has 0 aliphatic heterocycles. The molecule has 0 aliphatic carbocycles. The summed E-state index contributed by atoms with van der Waals surface area (Å²) >= 11 is 0. The van der Waals surface area contributed by atoms with Gasteiger partial charge in [-0.15, -0.1) is 0 Å². The Morgan fingerprint density at radius 3 is 2.88 bits per heavy atom. The van der Waals surface area contributed by atoms with Crippen molar-refractivity contribution in [3.8, 4) is 5.75 Å². The number of ether oxygens (including phenoxy) is 1. The molecular weight excluding hydrogens is 204 g/mol. The van der Waals surface area contributed by atoms with Gasteiger partial charge >= 0.3 is 0 Å². The molecule has 1 amide bonds.